The van der Waals surface area contributed by atoms with Gasteiger partial charge in [-0.1, -0.05) is 22.9 Å². The van der Waals surface area contributed by atoms with E-state index in [1.807, 2.05) is 0 Å². The average Bonchev–Trinajstić information content (AvgIpc) is 2.27. The van der Waals surface area contributed by atoms with Crippen LogP contribution in [0.3, 0.4) is 0 Å². The summed E-state index contributed by atoms with van der Waals surface area (Å²) < 4.78 is 60.5. The van der Waals surface area contributed by atoms with Crippen LogP contribution < -0.4 is 5.32 Å². The average molecular weight is 360 g/mol. The normalized spacial score (nSPS) is 12.5. The summed E-state index contributed by atoms with van der Waals surface area (Å²) in [6.45, 7) is 1.60. The minimum Gasteiger partial charge on any atom is -0.384 e. The van der Waals surface area contributed by atoms with Crippen LogP contribution in [0.15, 0.2) is 22.7 Å². The second-order valence-corrected chi connectivity index (χ2v) is 7.28. The molecule has 0 amide bonds. The summed E-state index contributed by atoms with van der Waals surface area (Å²) in [5.74, 6) is -0.0989. The van der Waals surface area contributed by atoms with Crippen molar-refractivity contribution in [3.8, 4) is 0 Å². The Morgan fingerprint density at radius 1 is 1.26 bits per heavy atom. The molecule has 0 heterocycles. The second kappa shape index (κ2) is 6.13. The van der Waals surface area contributed by atoms with Crippen molar-refractivity contribution in [2.45, 2.75) is 13.1 Å². The van der Waals surface area contributed by atoms with Crippen LogP contribution in [0.5, 0.6) is 0 Å². The van der Waals surface area contributed by atoms with Crippen molar-refractivity contribution in [2.24, 2.45) is 0 Å². The van der Waals surface area contributed by atoms with E-state index in [1.165, 1.54) is 13.0 Å². The van der Waals surface area contributed by atoms with Gasteiger partial charge in [-0.2, -0.15) is 13.2 Å². The molecule has 0 atom stereocenters. The van der Waals surface area contributed by atoms with Gasteiger partial charge in [-0.15, -0.1) is 0 Å². The molecule has 0 saturated carbocycles. The van der Waals surface area contributed by atoms with Gasteiger partial charge in [-0.05, 0) is 18.2 Å². The van der Waals surface area contributed by atoms with Crippen LogP contribution in [0, 0.1) is 0 Å². The van der Waals surface area contributed by atoms with Gasteiger partial charge in [0.25, 0.3) is 0 Å². The highest BCUT2D eigenvalue weighted by Crippen LogP contribution is 2.33. The highest BCUT2D eigenvalue weighted by Gasteiger charge is 2.31. The van der Waals surface area contributed by atoms with Gasteiger partial charge < -0.3 is 5.32 Å². The lowest BCUT2D eigenvalue weighted by Crippen LogP contribution is -2.17. The summed E-state index contributed by atoms with van der Waals surface area (Å²) in [6, 6.07) is 3.38. The summed E-state index contributed by atoms with van der Waals surface area (Å²) in [7, 11) is -3.13. The molecule has 0 aliphatic carbocycles. The summed E-state index contributed by atoms with van der Waals surface area (Å²) in [6.07, 6.45) is -4.43. The van der Waals surface area contributed by atoms with E-state index in [-0.39, 0.29) is 28.2 Å². The Bertz CT molecular complexity index is 543. The van der Waals surface area contributed by atoms with E-state index in [4.69, 9.17) is 0 Å². The molecule has 1 aromatic rings. The van der Waals surface area contributed by atoms with E-state index < -0.39 is 21.6 Å². The van der Waals surface area contributed by atoms with Crippen LogP contribution in [0.2, 0.25) is 0 Å². The Labute approximate surface area is 118 Å². The van der Waals surface area contributed by atoms with E-state index in [2.05, 4.69) is 21.2 Å². The molecule has 108 valence electrons. The first kappa shape index (κ1) is 16.3. The fourth-order valence-electron chi connectivity index (χ4n) is 1.35. The van der Waals surface area contributed by atoms with Crippen molar-refractivity contribution in [3.63, 3.8) is 0 Å². The molecule has 0 bridgehead atoms. The molecule has 0 unspecified atom stereocenters. The van der Waals surface area contributed by atoms with Crippen LogP contribution in [0.4, 0.5) is 18.9 Å². The zero-order valence-corrected chi connectivity index (χ0v) is 12.5. The maximum absolute atomic E-state index is 12.6. The molecule has 19 heavy (non-hydrogen) atoms. The van der Waals surface area contributed by atoms with Crippen molar-refractivity contribution >= 4 is 31.5 Å². The lowest BCUT2D eigenvalue weighted by Gasteiger charge is -2.11. The van der Waals surface area contributed by atoms with Crippen molar-refractivity contribution < 1.29 is 21.6 Å². The fraction of sp³-hybridized carbons (Fsp3) is 0.455. The minimum atomic E-state index is -4.43. The molecule has 3 nitrogen and oxygen atoms in total. The first-order chi connectivity index (χ1) is 8.64. The first-order valence-corrected chi connectivity index (χ1v) is 8.07. The topological polar surface area (TPSA) is 46.2 Å². The number of halogens is 4. The van der Waals surface area contributed by atoms with E-state index in [0.717, 1.165) is 12.1 Å². The van der Waals surface area contributed by atoms with E-state index >= 15 is 0 Å². The zero-order chi connectivity index (χ0) is 14.7. The number of anilines is 1. The Hall–Kier alpha value is -0.760. The van der Waals surface area contributed by atoms with Gasteiger partial charge in [0.05, 0.1) is 11.3 Å². The Morgan fingerprint density at radius 3 is 2.42 bits per heavy atom. The standard InChI is InChI=1S/C11H13BrF3NO2S/c1-2-19(17,18)4-3-16-10-6-8(11(13,14)15)5-9(12)7-10/h5-7,16H,2-4H2,1H3. The molecule has 0 saturated heterocycles. The van der Waals surface area contributed by atoms with Crippen LogP contribution in [-0.4, -0.2) is 26.5 Å². The molecule has 0 aliphatic heterocycles. The van der Waals surface area contributed by atoms with E-state index in [9.17, 15) is 21.6 Å². The van der Waals surface area contributed by atoms with Crippen molar-refractivity contribution in [3.05, 3.63) is 28.2 Å². The molecular formula is C11H13BrF3NO2S. The van der Waals surface area contributed by atoms with Crippen molar-refractivity contribution in [2.75, 3.05) is 23.4 Å². The van der Waals surface area contributed by atoms with Crippen molar-refractivity contribution in [1.82, 2.24) is 0 Å². The maximum Gasteiger partial charge on any atom is 0.416 e. The second-order valence-electron chi connectivity index (χ2n) is 3.89. The number of nitrogens with one attached hydrogen (secondary N) is 1. The number of benzene rings is 1. The van der Waals surface area contributed by atoms with Crippen LogP contribution in [0.1, 0.15) is 12.5 Å². The quantitative estimate of drug-likeness (QED) is 0.877. The van der Waals surface area contributed by atoms with E-state index in [1.54, 1.807) is 0 Å². The molecule has 8 heteroatoms. The lowest BCUT2D eigenvalue weighted by atomic mass is 10.2. The molecule has 0 aromatic heterocycles. The van der Waals surface area contributed by atoms with Crippen LogP contribution in [-0.2, 0) is 16.0 Å². The smallest absolute Gasteiger partial charge is 0.384 e. The number of hydrogen-bond donors (Lipinski definition) is 1. The monoisotopic (exact) mass is 359 g/mol. The van der Waals surface area contributed by atoms with Gasteiger partial charge in [-0.25, -0.2) is 8.42 Å². The van der Waals surface area contributed by atoms with Gasteiger partial charge >= 0.3 is 6.18 Å². The summed E-state index contributed by atoms with van der Waals surface area (Å²) in [5.41, 5.74) is -0.560. The van der Waals surface area contributed by atoms with Gasteiger partial charge in [0.1, 0.15) is 0 Å². The summed E-state index contributed by atoms with van der Waals surface area (Å²) in [5, 5.41) is 2.68. The molecule has 0 spiro atoms. The number of alkyl halides is 3. The van der Waals surface area contributed by atoms with Gasteiger partial charge in [0, 0.05) is 22.5 Å². The minimum absolute atomic E-state index is 0.0148. The third-order valence-corrected chi connectivity index (χ3v) is 4.57. The lowest BCUT2D eigenvalue weighted by molar-refractivity contribution is -0.137. The molecular weight excluding hydrogens is 347 g/mol. The third-order valence-electron chi connectivity index (χ3n) is 2.41. The highest BCUT2D eigenvalue weighted by molar-refractivity contribution is 9.10. The Kier molecular flexibility index (Phi) is 5.26. The van der Waals surface area contributed by atoms with Crippen LogP contribution >= 0.6 is 15.9 Å². The zero-order valence-electron chi connectivity index (χ0n) is 10.1. The Morgan fingerprint density at radius 2 is 1.89 bits per heavy atom. The molecule has 1 rings (SSSR count). The van der Waals surface area contributed by atoms with Crippen LogP contribution in [0.25, 0.3) is 0 Å². The molecule has 0 fully saturated rings. The predicted octanol–water partition coefficient (Wildman–Crippen LogP) is 3.31. The van der Waals surface area contributed by atoms with Gasteiger partial charge in [0.2, 0.25) is 0 Å². The summed E-state index contributed by atoms with van der Waals surface area (Å²) >= 11 is 2.99. The fourth-order valence-corrected chi connectivity index (χ4v) is 2.55. The molecule has 1 aromatic carbocycles. The van der Waals surface area contributed by atoms with Gasteiger partial charge in [-0.3, -0.25) is 0 Å². The third kappa shape index (κ3) is 5.40. The Balaban J connectivity index is 2.77. The first-order valence-electron chi connectivity index (χ1n) is 5.46. The predicted molar refractivity (Wildman–Crippen MR) is 72.0 cm³/mol. The van der Waals surface area contributed by atoms with E-state index in [0.29, 0.717) is 0 Å². The highest BCUT2D eigenvalue weighted by atomic mass is 79.9. The number of sulfone groups is 1. The largest absolute Gasteiger partial charge is 0.416 e. The summed E-state index contributed by atoms with van der Waals surface area (Å²) in [4.78, 5) is 0. The molecule has 1 N–H and O–H groups in total. The molecule has 0 radical (unpaired) electrons. The number of rotatable bonds is 5. The maximum atomic E-state index is 12.6. The molecule has 0 aliphatic rings. The number of hydrogen-bond acceptors (Lipinski definition) is 3. The SMILES string of the molecule is CCS(=O)(=O)CCNc1cc(Br)cc(C(F)(F)F)c1. The van der Waals surface area contributed by atoms with Crippen molar-refractivity contribution in [1.29, 1.82) is 0 Å². The van der Waals surface area contributed by atoms with Gasteiger partial charge in [0.15, 0.2) is 9.84 Å².